The minimum absolute atomic E-state index is 0.0488. The zero-order chi connectivity index (χ0) is 16.8. The first-order valence-corrected chi connectivity index (χ1v) is 9.01. The average Bonchev–Trinajstić information content (AvgIpc) is 3.00. The fraction of sp³-hybridized carbons (Fsp3) is 0.412. The van der Waals surface area contributed by atoms with Gasteiger partial charge in [-0.25, -0.2) is 4.98 Å². The van der Waals surface area contributed by atoms with Crippen LogP contribution in [0.5, 0.6) is 0 Å². The highest BCUT2D eigenvalue weighted by Gasteiger charge is 2.20. The molecule has 1 amide bonds. The zero-order valence-electron chi connectivity index (χ0n) is 13.6. The van der Waals surface area contributed by atoms with Crippen molar-refractivity contribution in [2.24, 2.45) is 0 Å². The number of piperidine rings is 1. The van der Waals surface area contributed by atoms with Crippen molar-refractivity contribution >= 4 is 28.1 Å². The molecule has 2 heterocycles. The molecule has 4 N–H and O–H groups in total. The highest BCUT2D eigenvalue weighted by molar-refractivity contribution is 7.15. The number of nitrogens with two attached hydrogens (primary N) is 1. The minimum atomic E-state index is 0.0488. The molecule has 0 spiro atoms. The number of carbonyl (C=O) groups excluding carboxylic acids is 1. The van der Waals surface area contributed by atoms with Crippen molar-refractivity contribution in [3.8, 4) is 0 Å². The normalized spacial score (nSPS) is 16.2. The lowest BCUT2D eigenvalue weighted by Gasteiger charge is -2.31. The maximum Gasteiger partial charge on any atom is 0.238 e. The number of hydrogen-bond donors (Lipinski definition) is 3. The van der Waals surface area contributed by atoms with Crippen LogP contribution in [0.4, 0.5) is 10.8 Å². The summed E-state index contributed by atoms with van der Waals surface area (Å²) >= 11 is 1.53. The van der Waals surface area contributed by atoms with Gasteiger partial charge in [0.05, 0.1) is 6.54 Å². The number of hydrogen-bond acceptors (Lipinski definition) is 6. The molecule has 0 aliphatic carbocycles. The summed E-state index contributed by atoms with van der Waals surface area (Å²) in [5.74, 6) is 0.0488. The molecule has 0 radical (unpaired) electrons. The lowest BCUT2D eigenvalue weighted by molar-refractivity contribution is -0.117. The van der Waals surface area contributed by atoms with Gasteiger partial charge >= 0.3 is 0 Å². The van der Waals surface area contributed by atoms with Crippen LogP contribution in [0.25, 0.3) is 0 Å². The third-order valence-corrected chi connectivity index (χ3v) is 4.98. The number of anilines is 2. The van der Waals surface area contributed by atoms with Crippen LogP contribution in [0.1, 0.15) is 17.7 Å². The molecule has 1 aliphatic rings. The quantitative estimate of drug-likeness (QED) is 0.745. The van der Waals surface area contributed by atoms with Gasteiger partial charge in [0.25, 0.3) is 0 Å². The number of benzene rings is 1. The monoisotopic (exact) mass is 345 g/mol. The number of aromatic nitrogens is 1. The van der Waals surface area contributed by atoms with E-state index >= 15 is 0 Å². The summed E-state index contributed by atoms with van der Waals surface area (Å²) < 4.78 is 0. The van der Waals surface area contributed by atoms with Gasteiger partial charge in [-0.1, -0.05) is 18.2 Å². The Morgan fingerprint density at radius 2 is 2.04 bits per heavy atom. The first-order chi connectivity index (χ1) is 11.7. The Hall–Kier alpha value is -1.96. The molecule has 6 nitrogen and oxygen atoms in total. The third kappa shape index (κ3) is 5.02. The fourth-order valence-corrected chi connectivity index (χ4v) is 3.50. The van der Waals surface area contributed by atoms with Gasteiger partial charge in [-0.15, -0.1) is 11.3 Å². The Morgan fingerprint density at radius 3 is 2.71 bits per heavy atom. The molecule has 1 saturated heterocycles. The van der Waals surface area contributed by atoms with Gasteiger partial charge in [-0.3, -0.25) is 9.69 Å². The van der Waals surface area contributed by atoms with Crippen molar-refractivity contribution in [3.05, 3.63) is 41.4 Å². The van der Waals surface area contributed by atoms with E-state index in [2.05, 4.69) is 20.5 Å². The Labute approximate surface area is 146 Å². The molecule has 1 aliphatic heterocycles. The van der Waals surface area contributed by atoms with Crippen molar-refractivity contribution in [1.82, 2.24) is 15.2 Å². The van der Waals surface area contributed by atoms with E-state index in [0.29, 0.717) is 17.7 Å². The van der Waals surface area contributed by atoms with Crippen molar-refractivity contribution < 1.29 is 4.79 Å². The molecule has 0 saturated carbocycles. The maximum absolute atomic E-state index is 12.1. The van der Waals surface area contributed by atoms with Crippen molar-refractivity contribution in [2.45, 2.75) is 25.4 Å². The number of thiazole rings is 1. The van der Waals surface area contributed by atoms with Crippen molar-refractivity contribution in [3.63, 3.8) is 0 Å². The molecule has 3 rings (SSSR count). The third-order valence-electron chi connectivity index (χ3n) is 4.15. The van der Waals surface area contributed by atoms with Crippen LogP contribution in [0.3, 0.4) is 0 Å². The lowest BCUT2D eigenvalue weighted by atomic mass is 10.1. The van der Waals surface area contributed by atoms with Crippen LogP contribution in [-0.4, -0.2) is 41.5 Å². The fourth-order valence-electron chi connectivity index (χ4n) is 2.87. The summed E-state index contributed by atoms with van der Waals surface area (Å²) in [5, 5.41) is 7.11. The van der Waals surface area contributed by atoms with Gasteiger partial charge in [-0.05, 0) is 25.0 Å². The number of carbonyl (C=O) groups is 1. The Morgan fingerprint density at radius 1 is 1.29 bits per heavy atom. The van der Waals surface area contributed by atoms with Gasteiger partial charge in [0.2, 0.25) is 5.91 Å². The second kappa shape index (κ2) is 8.23. The molecule has 0 bridgehead atoms. The highest BCUT2D eigenvalue weighted by atomic mass is 32.1. The second-order valence-corrected chi connectivity index (χ2v) is 7.16. The first-order valence-electron chi connectivity index (χ1n) is 8.20. The molecular weight excluding hydrogens is 322 g/mol. The molecule has 0 unspecified atom stereocenters. The van der Waals surface area contributed by atoms with Crippen LogP contribution in [0, 0.1) is 0 Å². The SMILES string of the molecule is Nc1ncc(CNC2CCN(CC(=O)Nc3ccccc3)CC2)s1. The number of nitrogens with one attached hydrogen (secondary N) is 2. The number of nitrogen functional groups attached to an aromatic ring is 1. The van der Waals surface area contributed by atoms with Crippen LogP contribution >= 0.6 is 11.3 Å². The molecule has 1 fully saturated rings. The number of amides is 1. The molecule has 0 atom stereocenters. The van der Waals surface area contributed by atoms with Gasteiger partial charge in [0.1, 0.15) is 0 Å². The first kappa shape index (κ1) is 16.9. The summed E-state index contributed by atoms with van der Waals surface area (Å²) in [6, 6.07) is 10.1. The molecule has 128 valence electrons. The maximum atomic E-state index is 12.1. The zero-order valence-corrected chi connectivity index (χ0v) is 14.4. The summed E-state index contributed by atoms with van der Waals surface area (Å²) in [5.41, 5.74) is 6.49. The Kier molecular flexibility index (Phi) is 5.79. The van der Waals surface area contributed by atoms with Crippen molar-refractivity contribution in [1.29, 1.82) is 0 Å². The second-order valence-electron chi connectivity index (χ2n) is 6.01. The van der Waals surface area contributed by atoms with Crippen LogP contribution in [-0.2, 0) is 11.3 Å². The predicted octanol–water partition coefficient (Wildman–Crippen LogP) is 1.92. The van der Waals surface area contributed by atoms with E-state index in [1.165, 1.54) is 11.3 Å². The molecule has 7 heteroatoms. The largest absolute Gasteiger partial charge is 0.375 e. The van der Waals surface area contributed by atoms with E-state index < -0.39 is 0 Å². The number of nitrogens with zero attached hydrogens (tertiary/aromatic N) is 2. The Balaban J connectivity index is 1.36. The van der Waals surface area contributed by atoms with E-state index in [4.69, 9.17) is 5.73 Å². The molecule has 1 aromatic carbocycles. The van der Waals surface area contributed by atoms with Crippen LogP contribution in [0.2, 0.25) is 0 Å². The van der Waals surface area contributed by atoms with Gasteiger partial charge in [-0.2, -0.15) is 0 Å². The lowest BCUT2D eigenvalue weighted by Crippen LogP contribution is -2.44. The molecule has 1 aromatic heterocycles. The summed E-state index contributed by atoms with van der Waals surface area (Å²) in [6.45, 7) is 3.14. The van der Waals surface area contributed by atoms with E-state index in [1.807, 2.05) is 36.5 Å². The minimum Gasteiger partial charge on any atom is -0.375 e. The highest BCUT2D eigenvalue weighted by Crippen LogP contribution is 2.16. The standard InChI is InChI=1S/C17H23N5OS/c18-17-20-11-15(24-17)10-19-13-6-8-22(9-7-13)12-16(23)21-14-4-2-1-3-5-14/h1-5,11,13,19H,6-10,12H2,(H2,18,20)(H,21,23). The number of likely N-dealkylation sites (tertiary alicyclic amines) is 1. The smallest absolute Gasteiger partial charge is 0.238 e. The van der Waals surface area contributed by atoms with E-state index in [-0.39, 0.29) is 5.91 Å². The predicted molar refractivity (Wildman–Crippen MR) is 97.9 cm³/mol. The van der Waals surface area contributed by atoms with E-state index in [0.717, 1.165) is 43.0 Å². The van der Waals surface area contributed by atoms with Crippen molar-refractivity contribution in [2.75, 3.05) is 30.7 Å². The van der Waals surface area contributed by atoms with Crippen LogP contribution in [0.15, 0.2) is 36.5 Å². The Bertz CT molecular complexity index is 652. The number of para-hydroxylation sites is 1. The summed E-state index contributed by atoms with van der Waals surface area (Å²) in [6.07, 6.45) is 3.93. The van der Waals surface area contributed by atoms with E-state index in [9.17, 15) is 4.79 Å². The molecule has 24 heavy (non-hydrogen) atoms. The molecule has 2 aromatic rings. The van der Waals surface area contributed by atoms with Gasteiger partial charge in [0.15, 0.2) is 5.13 Å². The number of rotatable bonds is 6. The van der Waals surface area contributed by atoms with Gasteiger partial charge < -0.3 is 16.4 Å². The van der Waals surface area contributed by atoms with Crippen LogP contribution < -0.4 is 16.4 Å². The summed E-state index contributed by atoms with van der Waals surface area (Å²) in [4.78, 5) is 19.5. The van der Waals surface area contributed by atoms with Gasteiger partial charge in [0, 0.05) is 42.4 Å². The topological polar surface area (TPSA) is 83.3 Å². The molecular formula is C17H23N5OS. The average molecular weight is 345 g/mol. The van der Waals surface area contributed by atoms with E-state index in [1.54, 1.807) is 0 Å². The summed E-state index contributed by atoms with van der Waals surface area (Å²) in [7, 11) is 0.